The molecule has 4 atom stereocenters. The van der Waals surface area contributed by atoms with Crippen molar-refractivity contribution in [3.63, 3.8) is 0 Å². The van der Waals surface area contributed by atoms with Crippen molar-refractivity contribution in [3.05, 3.63) is 29.6 Å². The number of carboxylic acid groups (broad SMARTS) is 1. The van der Waals surface area contributed by atoms with Gasteiger partial charge in [0.15, 0.2) is 0 Å². The number of aliphatic hydroxyl groups is 1. The summed E-state index contributed by atoms with van der Waals surface area (Å²) in [4.78, 5) is 15.9. The molecule has 3 aliphatic rings. The van der Waals surface area contributed by atoms with Crippen LogP contribution in [0.25, 0.3) is 0 Å². The predicted molar refractivity (Wildman–Crippen MR) is 102 cm³/mol. The highest BCUT2D eigenvalue weighted by Gasteiger charge is 2.55. The standard InChI is InChI=1S/C21H29FN2O3/c1-14-6-7-19(18(22)10-14)23-9-3-4-15(13-23)21-8-2-5-16(11-17(25)12-21)24(21)20(26)27/h6-7,10,15-17,25H,2-5,8-9,11-13H2,1H3,(H,26,27). The number of anilines is 1. The number of halogens is 1. The van der Waals surface area contributed by atoms with Crippen molar-refractivity contribution in [1.82, 2.24) is 4.90 Å². The van der Waals surface area contributed by atoms with Gasteiger partial charge in [-0.3, -0.25) is 4.90 Å². The number of nitrogens with zero attached hydrogens (tertiary/aromatic N) is 2. The number of hydrogen-bond donors (Lipinski definition) is 2. The first-order chi connectivity index (χ1) is 12.9. The molecule has 0 aromatic heterocycles. The van der Waals surface area contributed by atoms with Crippen LogP contribution in [0.15, 0.2) is 18.2 Å². The van der Waals surface area contributed by atoms with E-state index in [1.54, 1.807) is 11.0 Å². The van der Waals surface area contributed by atoms with E-state index in [1.807, 2.05) is 19.1 Å². The van der Waals surface area contributed by atoms with E-state index >= 15 is 0 Å². The third kappa shape index (κ3) is 3.18. The van der Waals surface area contributed by atoms with E-state index in [4.69, 9.17) is 0 Å². The number of rotatable bonds is 2. The fourth-order valence-electron chi connectivity index (χ4n) is 5.90. The van der Waals surface area contributed by atoms with Crippen molar-refractivity contribution in [2.24, 2.45) is 5.92 Å². The van der Waals surface area contributed by atoms with Gasteiger partial charge in [0.1, 0.15) is 5.82 Å². The second-order valence-electron chi connectivity index (χ2n) is 8.64. The molecule has 0 saturated carbocycles. The van der Waals surface area contributed by atoms with Crippen LogP contribution < -0.4 is 4.90 Å². The summed E-state index contributed by atoms with van der Waals surface area (Å²) >= 11 is 0. The van der Waals surface area contributed by atoms with Gasteiger partial charge in [-0.15, -0.1) is 0 Å². The van der Waals surface area contributed by atoms with E-state index in [0.717, 1.165) is 44.2 Å². The van der Waals surface area contributed by atoms with Gasteiger partial charge in [0, 0.05) is 25.0 Å². The number of amides is 1. The molecule has 3 aliphatic heterocycles. The van der Waals surface area contributed by atoms with Crippen LogP contribution in [0, 0.1) is 18.7 Å². The van der Waals surface area contributed by atoms with Crippen LogP contribution in [0.5, 0.6) is 0 Å². The maximum absolute atomic E-state index is 14.5. The topological polar surface area (TPSA) is 64.0 Å². The molecule has 4 unspecified atom stereocenters. The zero-order valence-corrected chi connectivity index (χ0v) is 15.9. The molecule has 2 N–H and O–H groups in total. The Morgan fingerprint density at radius 2 is 2.11 bits per heavy atom. The van der Waals surface area contributed by atoms with Gasteiger partial charge < -0.3 is 15.1 Å². The molecule has 0 radical (unpaired) electrons. The molecule has 4 rings (SSSR count). The molecular weight excluding hydrogens is 347 g/mol. The lowest BCUT2D eigenvalue weighted by Crippen LogP contribution is -2.68. The highest BCUT2D eigenvalue weighted by Crippen LogP contribution is 2.49. The van der Waals surface area contributed by atoms with Gasteiger partial charge in [-0.1, -0.05) is 6.07 Å². The van der Waals surface area contributed by atoms with Crippen molar-refractivity contribution >= 4 is 11.8 Å². The highest BCUT2D eigenvalue weighted by atomic mass is 19.1. The van der Waals surface area contributed by atoms with Crippen LogP contribution in [-0.2, 0) is 0 Å². The molecule has 1 amide bonds. The molecule has 3 saturated heterocycles. The maximum atomic E-state index is 14.5. The molecule has 1 aromatic rings. The van der Waals surface area contributed by atoms with Gasteiger partial charge in [-0.2, -0.15) is 0 Å². The molecule has 6 heteroatoms. The zero-order chi connectivity index (χ0) is 19.2. The van der Waals surface area contributed by atoms with Crippen LogP contribution >= 0.6 is 0 Å². The van der Waals surface area contributed by atoms with E-state index in [-0.39, 0.29) is 17.8 Å². The summed E-state index contributed by atoms with van der Waals surface area (Å²) in [5, 5.41) is 20.4. The quantitative estimate of drug-likeness (QED) is 0.825. The summed E-state index contributed by atoms with van der Waals surface area (Å²) in [6, 6.07) is 5.22. The number of aryl methyl sites for hydroxylation is 1. The lowest BCUT2D eigenvalue weighted by atomic mass is 9.64. The fraction of sp³-hybridized carbons (Fsp3) is 0.667. The monoisotopic (exact) mass is 376 g/mol. The summed E-state index contributed by atoms with van der Waals surface area (Å²) < 4.78 is 14.5. The summed E-state index contributed by atoms with van der Waals surface area (Å²) in [5.41, 5.74) is 0.977. The summed E-state index contributed by atoms with van der Waals surface area (Å²) in [6.07, 6.45) is 4.18. The number of hydrogen-bond acceptors (Lipinski definition) is 3. The van der Waals surface area contributed by atoms with Gasteiger partial charge in [0.25, 0.3) is 0 Å². The third-order valence-corrected chi connectivity index (χ3v) is 6.96. The number of fused-ring (bicyclic) bond motifs is 2. The normalized spacial score (nSPS) is 33.8. The Kier molecular flexibility index (Phi) is 4.78. The van der Waals surface area contributed by atoms with Crippen LogP contribution in [0.2, 0.25) is 0 Å². The fourth-order valence-corrected chi connectivity index (χ4v) is 5.90. The Labute approximate surface area is 159 Å². The first-order valence-electron chi connectivity index (χ1n) is 10.1. The SMILES string of the molecule is Cc1ccc(N2CCCC(C34CCCC(CC(O)C3)N4C(=O)O)C2)c(F)c1. The van der Waals surface area contributed by atoms with Gasteiger partial charge >= 0.3 is 6.09 Å². The molecule has 0 aliphatic carbocycles. The number of piperidine rings is 3. The number of aliphatic hydroxyl groups excluding tert-OH is 1. The minimum absolute atomic E-state index is 0.0912. The highest BCUT2D eigenvalue weighted by molar-refractivity contribution is 5.67. The summed E-state index contributed by atoms with van der Waals surface area (Å²) in [5.74, 6) is -0.103. The molecule has 2 bridgehead atoms. The Bertz CT molecular complexity index is 727. The Morgan fingerprint density at radius 3 is 2.85 bits per heavy atom. The molecule has 0 spiro atoms. The Hall–Kier alpha value is -1.82. The Morgan fingerprint density at radius 1 is 1.30 bits per heavy atom. The van der Waals surface area contributed by atoms with Crippen molar-refractivity contribution in [2.45, 2.75) is 69.6 Å². The van der Waals surface area contributed by atoms with E-state index < -0.39 is 17.7 Å². The van der Waals surface area contributed by atoms with Crippen LogP contribution in [0.1, 0.15) is 50.5 Å². The minimum atomic E-state index is -0.870. The zero-order valence-electron chi connectivity index (χ0n) is 15.9. The van der Waals surface area contributed by atoms with E-state index in [1.165, 1.54) is 0 Å². The van der Waals surface area contributed by atoms with Crippen molar-refractivity contribution < 1.29 is 19.4 Å². The van der Waals surface area contributed by atoms with E-state index in [0.29, 0.717) is 25.1 Å². The predicted octanol–water partition coefficient (Wildman–Crippen LogP) is 3.78. The maximum Gasteiger partial charge on any atom is 0.408 e. The van der Waals surface area contributed by atoms with Gasteiger partial charge in [-0.05, 0) is 69.6 Å². The van der Waals surface area contributed by atoms with E-state index in [9.17, 15) is 19.4 Å². The smallest absolute Gasteiger partial charge is 0.408 e. The van der Waals surface area contributed by atoms with Crippen molar-refractivity contribution in [3.8, 4) is 0 Å². The molecule has 3 fully saturated rings. The first-order valence-corrected chi connectivity index (χ1v) is 10.1. The summed E-state index contributed by atoms with van der Waals surface area (Å²) in [7, 11) is 0. The molecule has 5 nitrogen and oxygen atoms in total. The van der Waals surface area contributed by atoms with Crippen molar-refractivity contribution in [2.75, 3.05) is 18.0 Å². The Balaban J connectivity index is 1.65. The number of benzene rings is 1. The van der Waals surface area contributed by atoms with Gasteiger partial charge in [0.2, 0.25) is 0 Å². The van der Waals surface area contributed by atoms with Crippen LogP contribution in [0.3, 0.4) is 0 Å². The average molecular weight is 376 g/mol. The second kappa shape index (κ2) is 6.97. The van der Waals surface area contributed by atoms with Crippen LogP contribution in [0.4, 0.5) is 14.9 Å². The van der Waals surface area contributed by atoms with Gasteiger partial charge in [-0.25, -0.2) is 9.18 Å². The largest absolute Gasteiger partial charge is 0.465 e. The number of carbonyl (C=O) groups is 1. The lowest BCUT2D eigenvalue weighted by Gasteiger charge is -2.59. The molecule has 3 heterocycles. The summed E-state index contributed by atoms with van der Waals surface area (Å²) in [6.45, 7) is 3.30. The van der Waals surface area contributed by atoms with Gasteiger partial charge in [0.05, 0.1) is 17.3 Å². The molecule has 27 heavy (non-hydrogen) atoms. The average Bonchev–Trinajstić information content (AvgIpc) is 2.60. The minimum Gasteiger partial charge on any atom is -0.465 e. The van der Waals surface area contributed by atoms with Crippen molar-refractivity contribution in [1.29, 1.82) is 0 Å². The first kappa shape index (κ1) is 18.5. The lowest BCUT2D eigenvalue weighted by molar-refractivity contribution is -0.0997. The van der Waals surface area contributed by atoms with Crippen LogP contribution in [-0.4, -0.2) is 52.0 Å². The molecule has 148 valence electrons. The second-order valence-corrected chi connectivity index (χ2v) is 8.64. The third-order valence-electron chi connectivity index (χ3n) is 6.96. The molecular formula is C21H29FN2O3. The molecule has 1 aromatic carbocycles. The van der Waals surface area contributed by atoms with E-state index in [2.05, 4.69) is 4.90 Å².